The molecule has 0 amide bonds. The second-order valence-electron chi connectivity index (χ2n) is 20.5. The summed E-state index contributed by atoms with van der Waals surface area (Å²) in [5, 5.41) is 9.83. The predicted molar refractivity (Wildman–Crippen MR) is 325 cm³/mol. The lowest BCUT2D eigenvalue weighted by molar-refractivity contribution is -0.161. The smallest absolute Gasteiger partial charge is 0.462 e. The second kappa shape index (κ2) is 59.5. The molecule has 0 aliphatic carbocycles. The first-order valence-electron chi connectivity index (χ1n) is 31.1. The molecule has 0 rings (SSSR count). The molecule has 2 N–H and O–H groups in total. The number of allylic oxidation sites excluding steroid dienone is 16. The second-order valence-corrected chi connectivity index (χ2v) is 21.9. The summed E-state index contributed by atoms with van der Waals surface area (Å²) in [5.41, 5.74) is 0. The van der Waals surface area contributed by atoms with E-state index in [0.29, 0.717) is 19.3 Å². The average molecular weight is 1110 g/mol. The summed E-state index contributed by atoms with van der Waals surface area (Å²) in [5.74, 6) is -1.50. The predicted octanol–water partition coefficient (Wildman–Crippen LogP) is 18.8. The monoisotopic (exact) mass is 1110 g/mol. The third-order valence-corrected chi connectivity index (χ3v) is 13.9. The Morgan fingerprint density at radius 2 is 0.692 bits per heavy atom. The van der Waals surface area contributed by atoms with Crippen LogP contribution in [0.3, 0.4) is 0 Å². The van der Waals surface area contributed by atoms with Gasteiger partial charge in [0.05, 0.1) is 19.8 Å². The molecule has 0 aliphatic rings. The Hall–Kier alpha value is -3.60. The van der Waals surface area contributed by atoms with E-state index in [1.165, 1.54) is 57.8 Å². The van der Waals surface area contributed by atoms with Crippen molar-refractivity contribution in [3.8, 4) is 0 Å². The van der Waals surface area contributed by atoms with Gasteiger partial charge < -0.3 is 24.2 Å². The molecule has 448 valence electrons. The number of hydrogen-bond donors (Lipinski definition) is 2. The van der Waals surface area contributed by atoms with E-state index in [2.05, 4.69) is 118 Å². The number of aliphatic hydroxyl groups is 1. The number of aliphatic hydroxyl groups excluding tert-OH is 1. The van der Waals surface area contributed by atoms with E-state index in [4.69, 9.17) is 23.3 Å². The van der Waals surface area contributed by atoms with Crippen molar-refractivity contribution in [2.24, 2.45) is 0 Å². The number of rotatable bonds is 57. The van der Waals surface area contributed by atoms with Gasteiger partial charge in [-0.2, -0.15) is 0 Å². The fourth-order valence-corrected chi connectivity index (χ4v) is 9.02. The van der Waals surface area contributed by atoms with Crippen molar-refractivity contribution in [2.75, 3.05) is 26.4 Å². The largest absolute Gasteiger partial charge is 0.472 e. The maximum atomic E-state index is 13.0. The highest BCUT2D eigenvalue weighted by molar-refractivity contribution is 7.47. The highest BCUT2D eigenvalue weighted by Crippen LogP contribution is 2.43. The zero-order chi connectivity index (χ0) is 56.9. The van der Waals surface area contributed by atoms with Crippen LogP contribution in [0.15, 0.2) is 97.2 Å². The standard InChI is InChI=1S/C66H113O11P/c1-4-7-10-13-16-19-22-25-27-29-31-33-35-38-40-43-46-49-52-55-64(68)73-59-63(77-66(70)57-54-51-48-45-42-39-36-34-32-30-28-26-23-20-17-14-11-8-5-2)61-75-78(71,72)74-60-62(58-67)76-65(69)56-53-50-47-44-41-37-24-21-18-15-12-9-6-3/h7,10,12,15-17,19-21,24-28,31,33,62-63,67H,4-6,8-9,11,13-14,18,22-23,29-30,32,34-61H2,1-3H3,(H,71,72)/b10-7-,15-12-,19-16-,20-17-,24-21-,27-25-,28-26-,33-31-. The van der Waals surface area contributed by atoms with Crippen molar-refractivity contribution in [1.82, 2.24) is 0 Å². The van der Waals surface area contributed by atoms with Gasteiger partial charge >= 0.3 is 25.7 Å². The van der Waals surface area contributed by atoms with E-state index < -0.39 is 57.8 Å². The van der Waals surface area contributed by atoms with E-state index in [-0.39, 0.29) is 25.9 Å². The van der Waals surface area contributed by atoms with E-state index >= 15 is 0 Å². The molecule has 0 saturated carbocycles. The molecule has 0 spiro atoms. The summed E-state index contributed by atoms with van der Waals surface area (Å²) < 4.78 is 39.6. The summed E-state index contributed by atoms with van der Waals surface area (Å²) in [6, 6.07) is 0. The summed E-state index contributed by atoms with van der Waals surface area (Å²) >= 11 is 0. The highest BCUT2D eigenvalue weighted by atomic mass is 31.2. The number of phosphoric acid groups is 1. The van der Waals surface area contributed by atoms with Gasteiger partial charge in [-0.05, 0) is 116 Å². The summed E-state index contributed by atoms with van der Waals surface area (Å²) in [4.78, 5) is 48.7. The Bertz CT molecular complexity index is 1680. The van der Waals surface area contributed by atoms with Crippen LogP contribution in [0.2, 0.25) is 0 Å². The van der Waals surface area contributed by atoms with Crippen LogP contribution in [0.25, 0.3) is 0 Å². The molecule has 0 fully saturated rings. The van der Waals surface area contributed by atoms with Crippen LogP contribution in [0, 0.1) is 0 Å². The van der Waals surface area contributed by atoms with Crippen LogP contribution in [0.4, 0.5) is 0 Å². The zero-order valence-electron chi connectivity index (χ0n) is 49.6. The maximum absolute atomic E-state index is 13.0. The van der Waals surface area contributed by atoms with Crippen molar-refractivity contribution in [2.45, 2.75) is 277 Å². The van der Waals surface area contributed by atoms with Crippen LogP contribution in [0.5, 0.6) is 0 Å². The molecule has 0 heterocycles. The van der Waals surface area contributed by atoms with E-state index in [9.17, 15) is 28.9 Å². The lowest BCUT2D eigenvalue weighted by Gasteiger charge is -2.21. The Morgan fingerprint density at radius 1 is 0.372 bits per heavy atom. The van der Waals surface area contributed by atoms with Gasteiger partial charge in [0.2, 0.25) is 0 Å². The first kappa shape index (κ1) is 74.4. The number of carbonyl (C=O) groups excluding carboxylic acids is 3. The van der Waals surface area contributed by atoms with Crippen molar-refractivity contribution in [1.29, 1.82) is 0 Å². The van der Waals surface area contributed by atoms with Gasteiger partial charge in [0, 0.05) is 19.3 Å². The number of phosphoric ester groups is 1. The van der Waals surface area contributed by atoms with E-state index in [0.717, 1.165) is 148 Å². The Balaban J connectivity index is 4.76. The van der Waals surface area contributed by atoms with Gasteiger partial charge in [-0.15, -0.1) is 0 Å². The quantitative estimate of drug-likeness (QED) is 0.0197. The molecule has 0 aromatic carbocycles. The van der Waals surface area contributed by atoms with Gasteiger partial charge in [-0.25, -0.2) is 4.57 Å². The van der Waals surface area contributed by atoms with Gasteiger partial charge in [0.1, 0.15) is 12.7 Å². The fourth-order valence-electron chi connectivity index (χ4n) is 8.24. The fraction of sp³-hybridized carbons (Fsp3) is 0.712. The molecule has 0 aromatic rings. The maximum Gasteiger partial charge on any atom is 0.472 e. The minimum Gasteiger partial charge on any atom is -0.462 e. The van der Waals surface area contributed by atoms with Crippen molar-refractivity contribution < 1.29 is 52.2 Å². The lowest BCUT2D eigenvalue weighted by atomic mass is 10.1. The molecule has 0 bridgehead atoms. The van der Waals surface area contributed by atoms with Crippen LogP contribution in [-0.2, 0) is 42.2 Å². The molecule has 0 saturated heterocycles. The van der Waals surface area contributed by atoms with Crippen LogP contribution in [-0.4, -0.2) is 66.5 Å². The first-order valence-corrected chi connectivity index (χ1v) is 32.6. The number of carbonyl (C=O) groups is 3. The SMILES string of the molecule is CC/C=C\C/C=C\C/C=C\C/C=C\CCCCCCCCC(=O)OCC(COP(=O)(O)OCC(CO)OC(=O)CCCCCCC/C=C\C/C=C\CCC)OC(=O)CCCCCCCCCCC/C=C\C/C=C\CCCCC. The Kier molecular flexibility index (Phi) is 56.8. The summed E-state index contributed by atoms with van der Waals surface area (Å²) in [6.07, 6.45) is 70.7. The molecule has 0 aromatic heterocycles. The molecule has 78 heavy (non-hydrogen) atoms. The minimum absolute atomic E-state index is 0.155. The van der Waals surface area contributed by atoms with Crippen LogP contribution < -0.4 is 0 Å². The normalized spacial score (nSPS) is 14.0. The van der Waals surface area contributed by atoms with Gasteiger partial charge in [0.25, 0.3) is 0 Å². The van der Waals surface area contributed by atoms with Crippen molar-refractivity contribution in [3.05, 3.63) is 97.2 Å². The third-order valence-electron chi connectivity index (χ3n) is 12.9. The molecule has 3 unspecified atom stereocenters. The first-order chi connectivity index (χ1) is 38.2. The number of ether oxygens (including phenoxy) is 3. The molecule has 0 radical (unpaired) electrons. The zero-order valence-corrected chi connectivity index (χ0v) is 50.5. The van der Waals surface area contributed by atoms with Gasteiger partial charge in [-0.3, -0.25) is 23.4 Å². The summed E-state index contributed by atoms with van der Waals surface area (Å²) in [7, 11) is -4.76. The Morgan fingerprint density at radius 3 is 1.08 bits per heavy atom. The Labute approximate surface area is 476 Å². The van der Waals surface area contributed by atoms with E-state index in [1.807, 2.05) is 0 Å². The summed E-state index contributed by atoms with van der Waals surface area (Å²) in [6.45, 7) is 4.42. The van der Waals surface area contributed by atoms with Crippen molar-refractivity contribution in [3.63, 3.8) is 0 Å². The number of esters is 3. The van der Waals surface area contributed by atoms with Gasteiger partial charge in [0.15, 0.2) is 6.10 Å². The number of hydrogen-bond acceptors (Lipinski definition) is 10. The lowest BCUT2D eigenvalue weighted by Crippen LogP contribution is -2.30. The third kappa shape index (κ3) is 57.1. The highest BCUT2D eigenvalue weighted by Gasteiger charge is 2.28. The van der Waals surface area contributed by atoms with Gasteiger partial charge in [-0.1, -0.05) is 227 Å². The molecule has 11 nitrogen and oxygen atoms in total. The molecule has 12 heteroatoms. The molecule has 0 aliphatic heterocycles. The minimum atomic E-state index is -4.76. The van der Waals surface area contributed by atoms with Crippen LogP contribution in [0.1, 0.15) is 265 Å². The van der Waals surface area contributed by atoms with Crippen LogP contribution >= 0.6 is 7.82 Å². The molecular weight excluding hydrogens is 1000 g/mol. The molecule has 3 atom stereocenters. The average Bonchev–Trinajstić information content (AvgIpc) is 3.43. The topological polar surface area (TPSA) is 155 Å². The van der Waals surface area contributed by atoms with E-state index in [1.54, 1.807) is 0 Å². The number of unbranched alkanes of at least 4 members (excludes halogenated alkanes) is 24. The molecular formula is C66H113O11P. The van der Waals surface area contributed by atoms with Crippen molar-refractivity contribution >= 4 is 25.7 Å².